The van der Waals surface area contributed by atoms with Crippen LogP contribution < -0.4 is 11.1 Å². The number of nitrogens with two attached hydrogens (primary N) is 1. The fourth-order valence-electron chi connectivity index (χ4n) is 1.06. The van der Waals surface area contributed by atoms with Gasteiger partial charge in [0.1, 0.15) is 0 Å². The lowest BCUT2D eigenvalue weighted by molar-refractivity contribution is 0.0942. The van der Waals surface area contributed by atoms with Gasteiger partial charge < -0.3 is 11.1 Å². The van der Waals surface area contributed by atoms with Crippen molar-refractivity contribution in [1.29, 1.82) is 0 Å². The molecule has 0 fully saturated rings. The van der Waals surface area contributed by atoms with Crippen LogP contribution in [0.2, 0.25) is 0 Å². The number of carbonyl (C=O) groups excluding carboxylic acids is 1. The van der Waals surface area contributed by atoms with E-state index in [0.717, 1.165) is 4.47 Å². The van der Waals surface area contributed by atoms with Crippen molar-refractivity contribution in [1.82, 2.24) is 5.32 Å². The number of nitrogen functional groups attached to an aromatic ring is 1. The predicted molar refractivity (Wildman–Crippen MR) is 61.2 cm³/mol. The molecule has 1 amide bonds. The smallest absolute Gasteiger partial charge is 0.252 e. The summed E-state index contributed by atoms with van der Waals surface area (Å²) in [5, 5.41) is 2.81. The van der Waals surface area contributed by atoms with E-state index in [-0.39, 0.29) is 11.9 Å². The van der Waals surface area contributed by atoms with Crippen molar-refractivity contribution in [2.45, 2.75) is 19.9 Å². The normalized spacial score (nSPS) is 10.3. The van der Waals surface area contributed by atoms with E-state index in [0.29, 0.717) is 11.3 Å². The number of anilines is 1. The van der Waals surface area contributed by atoms with E-state index in [4.69, 9.17) is 5.73 Å². The van der Waals surface area contributed by atoms with Gasteiger partial charge in [-0.15, -0.1) is 0 Å². The number of nitrogens with one attached hydrogen (secondary N) is 1. The van der Waals surface area contributed by atoms with Crippen LogP contribution in [0.3, 0.4) is 0 Å². The van der Waals surface area contributed by atoms with Gasteiger partial charge in [0.15, 0.2) is 0 Å². The van der Waals surface area contributed by atoms with Gasteiger partial charge >= 0.3 is 0 Å². The van der Waals surface area contributed by atoms with Gasteiger partial charge in [0.05, 0.1) is 5.56 Å². The molecule has 0 heterocycles. The Morgan fingerprint density at radius 3 is 2.64 bits per heavy atom. The maximum atomic E-state index is 11.6. The fraction of sp³-hybridized carbons (Fsp3) is 0.300. The van der Waals surface area contributed by atoms with Crippen molar-refractivity contribution in [3.63, 3.8) is 0 Å². The molecule has 14 heavy (non-hydrogen) atoms. The van der Waals surface area contributed by atoms with Gasteiger partial charge in [0, 0.05) is 16.2 Å². The van der Waals surface area contributed by atoms with Crippen LogP contribution in [0.15, 0.2) is 22.7 Å². The maximum Gasteiger partial charge on any atom is 0.252 e. The number of hydrogen-bond acceptors (Lipinski definition) is 2. The van der Waals surface area contributed by atoms with Gasteiger partial charge in [0.25, 0.3) is 5.91 Å². The minimum absolute atomic E-state index is 0.0909. The summed E-state index contributed by atoms with van der Waals surface area (Å²) < 4.78 is 0.718. The first kappa shape index (κ1) is 11.0. The summed E-state index contributed by atoms with van der Waals surface area (Å²) in [6.07, 6.45) is 0. The molecule has 1 aromatic carbocycles. The molecule has 1 aromatic rings. The first-order valence-corrected chi connectivity index (χ1v) is 5.16. The van der Waals surface area contributed by atoms with Crippen molar-refractivity contribution < 1.29 is 4.79 Å². The van der Waals surface area contributed by atoms with Crippen LogP contribution in [0.25, 0.3) is 0 Å². The van der Waals surface area contributed by atoms with Crippen LogP contribution in [0.4, 0.5) is 5.69 Å². The lowest BCUT2D eigenvalue weighted by Gasteiger charge is -2.09. The zero-order chi connectivity index (χ0) is 10.7. The summed E-state index contributed by atoms with van der Waals surface area (Å²) in [4.78, 5) is 11.6. The van der Waals surface area contributed by atoms with Crippen LogP contribution >= 0.6 is 15.9 Å². The minimum Gasteiger partial charge on any atom is -0.399 e. The zero-order valence-corrected chi connectivity index (χ0v) is 9.76. The van der Waals surface area contributed by atoms with Crippen molar-refractivity contribution in [2.24, 2.45) is 0 Å². The molecule has 76 valence electrons. The first-order chi connectivity index (χ1) is 6.50. The molecule has 1 rings (SSSR count). The highest BCUT2D eigenvalue weighted by Crippen LogP contribution is 2.19. The highest BCUT2D eigenvalue weighted by molar-refractivity contribution is 9.10. The Balaban J connectivity index is 2.90. The van der Waals surface area contributed by atoms with E-state index in [2.05, 4.69) is 21.2 Å². The van der Waals surface area contributed by atoms with E-state index in [1.54, 1.807) is 18.2 Å². The van der Waals surface area contributed by atoms with Gasteiger partial charge in [-0.2, -0.15) is 0 Å². The van der Waals surface area contributed by atoms with Gasteiger partial charge in [-0.1, -0.05) is 0 Å². The molecule has 0 spiro atoms. The summed E-state index contributed by atoms with van der Waals surface area (Å²) in [5.41, 5.74) is 6.81. The van der Waals surface area contributed by atoms with E-state index in [1.165, 1.54) is 0 Å². The Hall–Kier alpha value is -1.03. The maximum absolute atomic E-state index is 11.6. The van der Waals surface area contributed by atoms with E-state index < -0.39 is 0 Å². The topological polar surface area (TPSA) is 55.1 Å². The molecule has 3 N–H and O–H groups in total. The molecular weight excluding hydrogens is 244 g/mol. The molecule has 0 aliphatic carbocycles. The van der Waals surface area contributed by atoms with Gasteiger partial charge in [0.2, 0.25) is 0 Å². The largest absolute Gasteiger partial charge is 0.399 e. The first-order valence-electron chi connectivity index (χ1n) is 4.36. The summed E-state index contributed by atoms with van der Waals surface area (Å²) in [7, 11) is 0. The number of hydrogen-bond donors (Lipinski definition) is 2. The molecule has 0 aliphatic heterocycles. The highest BCUT2D eigenvalue weighted by atomic mass is 79.9. The number of carbonyl (C=O) groups is 1. The molecule has 0 bridgehead atoms. The lowest BCUT2D eigenvalue weighted by Crippen LogP contribution is -2.30. The zero-order valence-electron chi connectivity index (χ0n) is 8.17. The Morgan fingerprint density at radius 2 is 2.14 bits per heavy atom. The predicted octanol–water partition coefficient (Wildman–Crippen LogP) is 2.17. The highest BCUT2D eigenvalue weighted by Gasteiger charge is 2.10. The average molecular weight is 257 g/mol. The van der Waals surface area contributed by atoms with Crippen LogP contribution in [0, 0.1) is 0 Å². The third kappa shape index (κ3) is 2.73. The molecule has 0 aromatic heterocycles. The fourth-order valence-corrected chi connectivity index (χ4v) is 1.63. The van der Waals surface area contributed by atoms with Crippen molar-refractivity contribution in [3.05, 3.63) is 28.2 Å². The molecule has 0 saturated heterocycles. The van der Waals surface area contributed by atoms with Gasteiger partial charge in [-0.05, 0) is 48.0 Å². The summed E-state index contributed by atoms with van der Waals surface area (Å²) in [6, 6.07) is 5.26. The van der Waals surface area contributed by atoms with E-state index in [9.17, 15) is 4.79 Å². The second kappa shape index (κ2) is 4.46. The van der Waals surface area contributed by atoms with Gasteiger partial charge in [-0.3, -0.25) is 4.79 Å². The monoisotopic (exact) mass is 256 g/mol. The third-order valence-corrected chi connectivity index (χ3v) is 2.31. The third-order valence-electron chi connectivity index (χ3n) is 1.66. The average Bonchev–Trinajstić information content (AvgIpc) is 2.01. The molecular formula is C10H13BrN2O. The second-order valence-corrected chi connectivity index (χ2v) is 4.22. The van der Waals surface area contributed by atoms with Crippen LogP contribution in [0.5, 0.6) is 0 Å². The lowest BCUT2D eigenvalue weighted by atomic mass is 10.2. The molecule has 0 unspecified atom stereocenters. The summed E-state index contributed by atoms with van der Waals surface area (Å²) >= 11 is 3.30. The standard InChI is InChI=1S/C10H13BrN2O/c1-6(2)13-10(14)8-4-3-7(12)5-9(8)11/h3-6H,12H2,1-2H3,(H,13,14). The van der Waals surface area contributed by atoms with Crippen molar-refractivity contribution in [2.75, 3.05) is 5.73 Å². The van der Waals surface area contributed by atoms with E-state index >= 15 is 0 Å². The summed E-state index contributed by atoms with van der Waals surface area (Å²) in [6.45, 7) is 3.84. The van der Waals surface area contributed by atoms with Crippen molar-refractivity contribution in [3.8, 4) is 0 Å². The quantitative estimate of drug-likeness (QED) is 0.798. The van der Waals surface area contributed by atoms with Gasteiger partial charge in [-0.25, -0.2) is 0 Å². The van der Waals surface area contributed by atoms with Crippen molar-refractivity contribution >= 4 is 27.5 Å². The second-order valence-electron chi connectivity index (χ2n) is 3.37. The van der Waals surface area contributed by atoms with Crippen LogP contribution in [0.1, 0.15) is 24.2 Å². The Labute approximate surface area is 91.8 Å². The Bertz CT molecular complexity index is 350. The van der Waals surface area contributed by atoms with Crippen LogP contribution in [-0.2, 0) is 0 Å². The summed E-state index contributed by atoms with van der Waals surface area (Å²) in [5.74, 6) is -0.0909. The van der Waals surface area contributed by atoms with E-state index in [1.807, 2.05) is 13.8 Å². The number of halogens is 1. The minimum atomic E-state index is -0.0909. The number of rotatable bonds is 2. The molecule has 3 nitrogen and oxygen atoms in total. The Morgan fingerprint density at radius 1 is 1.50 bits per heavy atom. The molecule has 0 aliphatic rings. The molecule has 4 heteroatoms. The molecule has 0 atom stereocenters. The SMILES string of the molecule is CC(C)NC(=O)c1ccc(N)cc1Br. The molecule has 0 radical (unpaired) electrons. The Kier molecular flexibility index (Phi) is 3.52. The van der Waals surface area contributed by atoms with Crippen LogP contribution in [-0.4, -0.2) is 11.9 Å². The number of benzene rings is 1. The molecule has 0 saturated carbocycles. The number of amides is 1.